The van der Waals surface area contributed by atoms with Gasteiger partial charge in [0.2, 0.25) is 0 Å². The second-order valence-corrected chi connectivity index (χ2v) is 8.50. The average Bonchev–Trinajstić information content (AvgIpc) is 3.00. The van der Waals surface area contributed by atoms with Crippen molar-refractivity contribution in [2.45, 2.75) is 38.8 Å². The standard InChI is InChI=1S/C21H20ClN5O3/c1-21(2,3)30-20(29)25-9-8-16(25)18-24-26-10-7-15(22)17(26)19(28)27(18)14-6-4-5-13(11-14)12-23/h4-7,10-11,16H,8-9H2,1-3H3/t16-/m0/s1. The minimum Gasteiger partial charge on any atom is -0.444 e. The molecule has 1 amide bonds. The monoisotopic (exact) mass is 425 g/mol. The lowest BCUT2D eigenvalue weighted by molar-refractivity contribution is -0.00811. The third-order valence-corrected chi connectivity index (χ3v) is 5.15. The summed E-state index contributed by atoms with van der Waals surface area (Å²) in [6.07, 6.45) is 1.77. The molecule has 8 nitrogen and oxygen atoms in total. The van der Waals surface area contributed by atoms with Crippen LogP contribution < -0.4 is 5.56 Å². The van der Waals surface area contributed by atoms with Gasteiger partial charge in [0, 0.05) is 12.7 Å². The zero-order valence-corrected chi connectivity index (χ0v) is 17.6. The van der Waals surface area contributed by atoms with Crippen molar-refractivity contribution >= 4 is 23.2 Å². The Bertz CT molecular complexity index is 1250. The van der Waals surface area contributed by atoms with Gasteiger partial charge in [-0.15, -0.1) is 0 Å². The van der Waals surface area contributed by atoms with E-state index in [-0.39, 0.29) is 16.1 Å². The quantitative estimate of drug-likeness (QED) is 0.624. The molecule has 1 aliphatic heterocycles. The van der Waals surface area contributed by atoms with Crippen LogP contribution in [0, 0.1) is 11.3 Å². The number of likely N-dealkylation sites (tertiary alicyclic amines) is 1. The summed E-state index contributed by atoms with van der Waals surface area (Å²) in [6, 6.07) is 9.91. The van der Waals surface area contributed by atoms with Gasteiger partial charge in [-0.1, -0.05) is 17.7 Å². The molecule has 0 saturated carbocycles. The Morgan fingerprint density at radius 2 is 2.10 bits per heavy atom. The molecule has 0 bridgehead atoms. The van der Waals surface area contributed by atoms with Gasteiger partial charge in [0.25, 0.3) is 5.56 Å². The predicted octanol–water partition coefficient (Wildman–Crippen LogP) is 3.69. The van der Waals surface area contributed by atoms with E-state index in [4.69, 9.17) is 16.3 Å². The summed E-state index contributed by atoms with van der Waals surface area (Å²) in [5, 5.41) is 14.2. The van der Waals surface area contributed by atoms with Gasteiger partial charge in [-0.05, 0) is 51.5 Å². The lowest BCUT2D eigenvalue weighted by atomic mass is 10.0. The number of carbonyl (C=O) groups is 1. The van der Waals surface area contributed by atoms with Gasteiger partial charge in [0.1, 0.15) is 11.1 Å². The van der Waals surface area contributed by atoms with Crippen LogP contribution in [-0.2, 0) is 4.74 Å². The molecule has 1 saturated heterocycles. The Hall–Kier alpha value is -3.31. The van der Waals surface area contributed by atoms with Gasteiger partial charge >= 0.3 is 6.09 Å². The summed E-state index contributed by atoms with van der Waals surface area (Å²) < 4.78 is 8.34. The van der Waals surface area contributed by atoms with Crippen LogP contribution in [0.15, 0.2) is 41.3 Å². The van der Waals surface area contributed by atoms with Crippen LogP contribution in [0.5, 0.6) is 0 Å². The van der Waals surface area contributed by atoms with Crippen molar-refractivity contribution in [1.29, 1.82) is 5.26 Å². The highest BCUT2D eigenvalue weighted by Gasteiger charge is 2.39. The molecule has 3 aromatic rings. The second-order valence-electron chi connectivity index (χ2n) is 8.10. The first-order chi connectivity index (χ1) is 14.2. The average molecular weight is 426 g/mol. The molecule has 1 aromatic carbocycles. The molecule has 1 fully saturated rings. The largest absolute Gasteiger partial charge is 0.444 e. The summed E-state index contributed by atoms with van der Waals surface area (Å²) in [6.45, 7) is 5.90. The number of rotatable bonds is 2. The van der Waals surface area contributed by atoms with E-state index in [1.54, 1.807) is 62.2 Å². The maximum atomic E-state index is 13.4. The highest BCUT2D eigenvalue weighted by Crippen LogP contribution is 2.34. The third-order valence-electron chi connectivity index (χ3n) is 4.84. The van der Waals surface area contributed by atoms with Gasteiger partial charge < -0.3 is 4.74 Å². The predicted molar refractivity (Wildman–Crippen MR) is 111 cm³/mol. The molecule has 0 spiro atoms. The lowest BCUT2D eigenvalue weighted by Crippen LogP contribution is -2.49. The van der Waals surface area contributed by atoms with Gasteiger partial charge in [-0.2, -0.15) is 10.4 Å². The van der Waals surface area contributed by atoms with Crippen LogP contribution in [0.1, 0.15) is 44.6 Å². The molecule has 2 aromatic heterocycles. The fraction of sp³-hybridized carbons (Fsp3) is 0.333. The van der Waals surface area contributed by atoms with E-state index in [9.17, 15) is 14.9 Å². The van der Waals surface area contributed by atoms with Crippen LogP contribution in [0.2, 0.25) is 5.02 Å². The molecule has 0 radical (unpaired) electrons. The molecule has 0 aliphatic carbocycles. The van der Waals surface area contributed by atoms with Crippen molar-refractivity contribution < 1.29 is 9.53 Å². The van der Waals surface area contributed by atoms with Gasteiger partial charge in [-0.3, -0.25) is 14.3 Å². The number of aromatic nitrogens is 3. The summed E-state index contributed by atoms with van der Waals surface area (Å²) in [7, 11) is 0. The molecule has 4 rings (SSSR count). The molecule has 154 valence electrons. The van der Waals surface area contributed by atoms with Crippen LogP contribution in [0.4, 0.5) is 4.79 Å². The van der Waals surface area contributed by atoms with E-state index in [1.807, 2.05) is 0 Å². The molecular formula is C21H20ClN5O3. The van der Waals surface area contributed by atoms with Crippen molar-refractivity contribution in [2.24, 2.45) is 0 Å². The summed E-state index contributed by atoms with van der Waals surface area (Å²) in [5.74, 6) is 0.381. The molecule has 0 unspecified atom stereocenters. The van der Waals surface area contributed by atoms with Gasteiger partial charge in [-0.25, -0.2) is 9.31 Å². The van der Waals surface area contributed by atoms with Crippen LogP contribution >= 0.6 is 11.6 Å². The first-order valence-electron chi connectivity index (χ1n) is 9.49. The zero-order chi connectivity index (χ0) is 21.6. The van der Waals surface area contributed by atoms with Gasteiger partial charge in [0.05, 0.1) is 28.4 Å². The first-order valence-corrected chi connectivity index (χ1v) is 9.87. The van der Waals surface area contributed by atoms with Gasteiger partial charge in [0.15, 0.2) is 5.82 Å². The van der Waals surface area contributed by atoms with E-state index in [0.717, 1.165) is 0 Å². The van der Waals surface area contributed by atoms with Crippen molar-refractivity contribution in [3.63, 3.8) is 0 Å². The number of amides is 1. The number of nitrogens with zero attached hydrogens (tertiary/aromatic N) is 5. The molecule has 30 heavy (non-hydrogen) atoms. The van der Waals surface area contributed by atoms with E-state index >= 15 is 0 Å². The smallest absolute Gasteiger partial charge is 0.410 e. The Labute approximate surface area is 177 Å². The number of hydrogen-bond acceptors (Lipinski definition) is 5. The lowest BCUT2D eigenvalue weighted by Gasteiger charge is -2.41. The SMILES string of the molecule is CC(C)(C)OC(=O)N1CC[C@H]1c1nn2ccc(Cl)c2c(=O)n1-c1cccc(C#N)c1. The Balaban J connectivity index is 1.88. The maximum absolute atomic E-state index is 13.4. The summed E-state index contributed by atoms with van der Waals surface area (Å²) in [5.41, 5.74) is 0.109. The number of hydrogen-bond donors (Lipinski definition) is 0. The van der Waals surface area contributed by atoms with Crippen molar-refractivity contribution in [3.8, 4) is 11.8 Å². The number of carbonyl (C=O) groups excluding carboxylic acids is 1. The Morgan fingerprint density at radius 3 is 2.73 bits per heavy atom. The topological polar surface area (TPSA) is 92.6 Å². The Morgan fingerprint density at radius 1 is 1.33 bits per heavy atom. The van der Waals surface area contributed by atoms with E-state index in [1.165, 1.54) is 9.08 Å². The molecular weight excluding hydrogens is 406 g/mol. The maximum Gasteiger partial charge on any atom is 0.410 e. The fourth-order valence-electron chi connectivity index (χ4n) is 3.42. The molecule has 1 atom stereocenters. The number of halogens is 1. The fourth-order valence-corrected chi connectivity index (χ4v) is 3.65. The summed E-state index contributed by atoms with van der Waals surface area (Å²) >= 11 is 6.22. The van der Waals surface area contributed by atoms with E-state index in [2.05, 4.69) is 11.2 Å². The van der Waals surface area contributed by atoms with Crippen molar-refractivity contribution in [3.05, 3.63) is 63.3 Å². The number of ether oxygens (including phenoxy) is 1. The van der Waals surface area contributed by atoms with Crippen LogP contribution in [-0.4, -0.2) is 37.3 Å². The molecule has 3 heterocycles. The zero-order valence-electron chi connectivity index (χ0n) is 16.8. The highest BCUT2D eigenvalue weighted by molar-refractivity contribution is 6.33. The Kier molecular flexibility index (Phi) is 4.79. The van der Waals surface area contributed by atoms with Crippen LogP contribution in [0.25, 0.3) is 11.2 Å². The minimum atomic E-state index is -0.636. The number of fused-ring (bicyclic) bond motifs is 1. The van der Waals surface area contributed by atoms with E-state index < -0.39 is 17.7 Å². The minimum absolute atomic E-state index is 0.228. The molecule has 0 N–H and O–H groups in total. The second kappa shape index (κ2) is 7.18. The third kappa shape index (κ3) is 3.42. The van der Waals surface area contributed by atoms with Crippen molar-refractivity contribution in [2.75, 3.05) is 6.54 Å². The van der Waals surface area contributed by atoms with Crippen molar-refractivity contribution in [1.82, 2.24) is 19.1 Å². The highest BCUT2D eigenvalue weighted by atomic mass is 35.5. The van der Waals surface area contributed by atoms with E-state index in [0.29, 0.717) is 30.0 Å². The molecule has 9 heteroatoms. The normalized spacial score (nSPS) is 16.2. The molecule has 1 aliphatic rings. The first kappa shape index (κ1) is 20.0. The summed E-state index contributed by atoms with van der Waals surface area (Å²) in [4.78, 5) is 27.6. The number of nitriles is 1. The number of benzene rings is 1. The van der Waals surface area contributed by atoms with Crippen LogP contribution in [0.3, 0.4) is 0 Å².